The van der Waals surface area contributed by atoms with Gasteiger partial charge in [-0.15, -0.1) is 11.3 Å². The Morgan fingerprint density at radius 1 is 1.42 bits per heavy atom. The van der Waals surface area contributed by atoms with E-state index in [4.69, 9.17) is 4.74 Å². The van der Waals surface area contributed by atoms with Gasteiger partial charge in [-0.1, -0.05) is 6.07 Å². The van der Waals surface area contributed by atoms with Crippen molar-refractivity contribution in [2.75, 3.05) is 14.2 Å². The van der Waals surface area contributed by atoms with Crippen molar-refractivity contribution in [2.45, 2.75) is 26.3 Å². The van der Waals surface area contributed by atoms with Gasteiger partial charge in [-0.3, -0.25) is 0 Å². The lowest BCUT2D eigenvalue weighted by molar-refractivity contribution is 0.397. The fraction of sp³-hybridized carbons (Fsp3) is 0.429. The van der Waals surface area contributed by atoms with Gasteiger partial charge < -0.3 is 10.1 Å². The van der Waals surface area contributed by atoms with E-state index < -0.39 is 0 Å². The molecule has 19 heavy (non-hydrogen) atoms. The summed E-state index contributed by atoms with van der Waals surface area (Å²) in [5.41, 5.74) is 2.27. The molecular formula is C14H19N3OS. The molecule has 102 valence electrons. The zero-order chi connectivity index (χ0) is 13.8. The molecule has 0 radical (unpaired) electrons. The molecule has 0 bridgehead atoms. The third kappa shape index (κ3) is 3.30. The number of nitrogens with one attached hydrogen (secondary N) is 1. The standard InChI is InChI=1S/C14H19N3OS/c1-9(15-3)14-10(2)17-13(19-14)7-11-5-6-12(18-4)16-8-11/h5-6,8-9,15H,7H2,1-4H3. The van der Waals surface area contributed by atoms with Crippen molar-refractivity contribution in [2.24, 2.45) is 0 Å². The van der Waals surface area contributed by atoms with Crippen LogP contribution in [0.5, 0.6) is 5.88 Å². The molecule has 0 saturated carbocycles. The maximum absolute atomic E-state index is 5.06. The lowest BCUT2D eigenvalue weighted by Gasteiger charge is -2.06. The van der Waals surface area contributed by atoms with Crippen molar-refractivity contribution in [1.29, 1.82) is 0 Å². The second-order valence-corrected chi connectivity index (χ2v) is 5.57. The minimum absolute atomic E-state index is 0.347. The van der Waals surface area contributed by atoms with Gasteiger partial charge in [0.2, 0.25) is 5.88 Å². The first-order chi connectivity index (χ1) is 9.13. The lowest BCUT2D eigenvalue weighted by Crippen LogP contribution is -2.11. The Balaban J connectivity index is 2.14. The van der Waals surface area contributed by atoms with Crippen LogP contribution < -0.4 is 10.1 Å². The molecular weight excluding hydrogens is 258 g/mol. The van der Waals surface area contributed by atoms with Gasteiger partial charge in [0.15, 0.2) is 0 Å². The molecule has 0 spiro atoms. The summed E-state index contributed by atoms with van der Waals surface area (Å²) in [6, 6.07) is 4.26. The van der Waals surface area contributed by atoms with Gasteiger partial charge in [0.25, 0.3) is 0 Å². The maximum Gasteiger partial charge on any atom is 0.212 e. The fourth-order valence-corrected chi connectivity index (χ4v) is 3.05. The Kier molecular flexibility index (Phi) is 4.50. The van der Waals surface area contributed by atoms with Crippen LogP contribution in [0.4, 0.5) is 0 Å². The third-order valence-electron chi connectivity index (χ3n) is 3.07. The number of pyridine rings is 1. The molecule has 0 aliphatic heterocycles. The number of thiazole rings is 1. The molecule has 0 aliphatic carbocycles. The molecule has 2 aromatic heterocycles. The third-order valence-corrected chi connectivity index (χ3v) is 4.41. The Morgan fingerprint density at radius 2 is 2.21 bits per heavy atom. The second-order valence-electron chi connectivity index (χ2n) is 4.45. The predicted octanol–water partition coefficient (Wildman–Crippen LogP) is 2.73. The van der Waals surface area contributed by atoms with E-state index >= 15 is 0 Å². The van der Waals surface area contributed by atoms with Crippen molar-refractivity contribution < 1.29 is 4.74 Å². The number of rotatable bonds is 5. The summed E-state index contributed by atoms with van der Waals surface area (Å²) >= 11 is 1.76. The highest BCUT2D eigenvalue weighted by atomic mass is 32.1. The number of nitrogens with zero attached hydrogens (tertiary/aromatic N) is 2. The minimum atomic E-state index is 0.347. The van der Waals surface area contributed by atoms with Crippen LogP contribution in [-0.4, -0.2) is 24.1 Å². The molecule has 2 aromatic rings. The number of ether oxygens (including phenoxy) is 1. The van der Waals surface area contributed by atoms with Crippen molar-refractivity contribution in [3.63, 3.8) is 0 Å². The normalized spacial score (nSPS) is 12.4. The Hall–Kier alpha value is -1.46. The van der Waals surface area contributed by atoms with E-state index in [1.807, 2.05) is 25.4 Å². The van der Waals surface area contributed by atoms with Gasteiger partial charge in [-0.05, 0) is 26.5 Å². The molecule has 1 N–H and O–H groups in total. The van der Waals surface area contributed by atoms with Crippen molar-refractivity contribution in [3.05, 3.63) is 39.5 Å². The van der Waals surface area contributed by atoms with Gasteiger partial charge >= 0.3 is 0 Å². The SMILES string of the molecule is CNC(C)c1sc(Cc2ccc(OC)nc2)nc1C. The summed E-state index contributed by atoms with van der Waals surface area (Å²) in [6.07, 6.45) is 2.66. The van der Waals surface area contributed by atoms with E-state index in [1.54, 1.807) is 18.4 Å². The Bertz CT molecular complexity index is 536. The second kappa shape index (κ2) is 6.12. The van der Waals surface area contributed by atoms with Crippen molar-refractivity contribution >= 4 is 11.3 Å². The van der Waals surface area contributed by atoms with Gasteiger partial charge in [-0.25, -0.2) is 9.97 Å². The van der Waals surface area contributed by atoms with E-state index in [1.165, 1.54) is 4.88 Å². The molecule has 2 rings (SSSR count). The molecule has 0 saturated heterocycles. The molecule has 0 fully saturated rings. The number of methoxy groups -OCH3 is 1. The molecule has 2 heterocycles. The van der Waals surface area contributed by atoms with Crippen LogP contribution in [0.15, 0.2) is 18.3 Å². The van der Waals surface area contributed by atoms with Gasteiger partial charge in [0.1, 0.15) is 0 Å². The Labute approximate surface area is 117 Å². The highest BCUT2D eigenvalue weighted by Gasteiger charge is 2.13. The molecule has 1 unspecified atom stereocenters. The molecule has 0 amide bonds. The first kappa shape index (κ1) is 14.0. The molecule has 4 nitrogen and oxygen atoms in total. The van der Waals surface area contributed by atoms with Gasteiger partial charge in [0, 0.05) is 29.6 Å². The summed E-state index contributed by atoms with van der Waals surface area (Å²) in [5, 5.41) is 4.38. The van der Waals surface area contributed by atoms with Crippen LogP contribution in [-0.2, 0) is 6.42 Å². The topological polar surface area (TPSA) is 47.0 Å². The average molecular weight is 277 g/mol. The molecule has 1 atom stereocenters. The van der Waals surface area contributed by atoms with Crippen LogP contribution in [0.25, 0.3) is 0 Å². The first-order valence-electron chi connectivity index (χ1n) is 6.26. The van der Waals surface area contributed by atoms with Crippen LogP contribution in [0.2, 0.25) is 0 Å². The highest BCUT2D eigenvalue weighted by molar-refractivity contribution is 7.11. The predicted molar refractivity (Wildman–Crippen MR) is 77.9 cm³/mol. The molecule has 0 aromatic carbocycles. The van der Waals surface area contributed by atoms with E-state index in [-0.39, 0.29) is 0 Å². The smallest absolute Gasteiger partial charge is 0.212 e. The number of hydrogen-bond donors (Lipinski definition) is 1. The summed E-state index contributed by atoms with van der Waals surface area (Å²) in [7, 11) is 3.59. The average Bonchev–Trinajstić information content (AvgIpc) is 2.79. The van der Waals surface area contributed by atoms with Gasteiger partial charge in [-0.2, -0.15) is 0 Å². The summed E-state index contributed by atoms with van der Waals surface area (Å²) in [5.74, 6) is 0.642. The monoisotopic (exact) mass is 277 g/mol. The van der Waals surface area contributed by atoms with Crippen LogP contribution >= 0.6 is 11.3 Å². The summed E-state index contributed by atoms with van der Waals surface area (Å²) < 4.78 is 5.06. The van der Waals surface area contributed by atoms with Crippen molar-refractivity contribution in [3.8, 4) is 5.88 Å². The molecule has 5 heteroatoms. The van der Waals surface area contributed by atoms with E-state index in [2.05, 4.69) is 29.1 Å². The van der Waals surface area contributed by atoms with Gasteiger partial charge in [0.05, 0.1) is 17.8 Å². The summed E-state index contributed by atoms with van der Waals surface area (Å²) in [4.78, 5) is 10.2. The van der Waals surface area contributed by atoms with E-state index in [0.29, 0.717) is 11.9 Å². The Morgan fingerprint density at radius 3 is 2.79 bits per heavy atom. The van der Waals surface area contributed by atoms with E-state index in [9.17, 15) is 0 Å². The van der Waals surface area contributed by atoms with Crippen LogP contribution in [0, 0.1) is 6.92 Å². The van der Waals surface area contributed by atoms with Crippen LogP contribution in [0.1, 0.15) is 34.1 Å². The summed E-state index contributed by atoms with van der Waals surface area (Å²) in [6.45, 7) is 4.22. The quantitative estimate of drug-likeness (QED) is 0.913. The van der Waals surface area contributed by atoms with Crippen molar-refractivity contribution in [1.82, 2.24) is 15.3 Å². The lowest BCUT2D eigenvalue weighted by atomic mass is 10.2. The number of hydrogen-bond acceptors (Lipinski definition) is 5. The van der Waals surface area contributed by atoms with Crippen LogP contribution in [0.3, 0.4) is 0 Å². The minimum Gasteiger partial charge on any atom is -0.481 e. The number of aryl methyl sites for hydroxylation is 1. The first-order valence-corrected chi connectivity index (χ1v) is 7.08. The molecule has 0 aliphatic rings. The fourth-order valence-electron chi connectivity index (χ4n) is 1.89. The zero-order valence-electron chi connectivity index (χ0n) is 11.7. The maximum atomic E-state index is 5.06. The largest absolute Gasteiger partial charge is 0.481 e. The zero-order valence-corrected chi connectivity index (χ0v) is 12.5. The number of aromatic nitrogens is 2. The highest BCUT2D eigenvalue weighted by Crippen LogP contribution is 2.26. The van der Waals surface area contributed by atoms with E-state index in [0.717, 1.165) is 22.7 Å².